The molecule has 4 heteroatoms. The van der Waals surface area contributed by atoms with E-state index in [1.165, 1.54) is 0 Å². The highest BCUT2D eigenvalue weighted by atomic mass is 79.9. The molecule has 0 radical (unpaired) electrons. The summed E-state index contributed by atoms with van der Waals surface area (Å²) in [6, 6.07) is 11.0. The predicted molar refractivity (Wildman–Crippen MR) is 83.0 cm³/mol. The van der Waals surface area contributed by atoms with Crippen molar-refractivity contribution in [3.05, 3.63) is 62.0 Å². The second-order valence-corrected chi connectivity index (χ2v) is 5.86. The number of halogens is 2. The molecule has 0 amide bonds. The molecule has 0 saturated heterocycles. The number of hydrogen-bond acceptors (Lipinski definition) is 2. The Morgan fingerprint density at radius 1 is 1.11 bits per heavy atom. The van der Waals surface area contributed by atoms with Crippen molar-refractivity contribution in [2.75, 3.05) is 7.11 Å². The first-order valence-corrected chi connectivity index (χ1v) is 7.26. The lowest BCUT2D eigenvalue weighted by Crippen LogP contribution is -2.06. The van der Waals surface area contributed by atoms with E-state index in [2.05, 4.69) is 31.9 Å². The van der Waals surface area contributed by atoms with Gasteiger partial charge in [-0.3, -0.25) is 4.79 Å². The maximum atomic E-state index is 12.6. The summed E-state index contributed by atoms with van der Waals surface area (Å²) in [4.78, 5) is 12.6. The van der Waals surface area contributed by atoms with Crippen LogP contribution in [0.1, 0.15) is 21.5 Å². The van der Waals surface area contributed by atoms with Gasteiger partial charge in [0.25, 0.3) is 0 Å². The van der Waals surface area contributed by atoms with Crippen LogP contribution in [0, 0.1) is 6.92 Å². The van der Waals surface area contributed by atoms with Crippen LogP contribution in [0.5, 0.6) is 5.75 Å². The summed E-state index contributed by atoms with van der Waals surface area (Å²) in [7, 11) is 1.56. The Morgan fingerprint density at radius 3 is 2.53 bits per heavy atom. The summed E-state index contributed by atoms with van der Waals surface area (Å²) in [5.41, 5.74) is 2.15. The minimum atomic E-state index is -0.0445. The first-order valence-electron chi connectivity index (χ1n) is 5.68. The number of ether oxygens (including phenoxy) is 1. The maximum absolute atomic E-state index is 12.6. The topological polar surface area (TPSA) is 26.3 Å². The molecule has 0 aromatic heterocycles. The van der Waals surface area contributed by atoms with Gasteiger partial charge in [0.2, 0.25) is 0 Å². The zero-order valence-corrected chi connectivity index (χ0v) is 13.7. The van der Waals surface area contributed by atoms with Crippen LogP contribution in [0.4, 0.5) is 0 Å². The van der Waals surface area contributed by atoms with E-state index in [-0.39, 0.29) is 5.78 Å². The van der Waals surface area contributed by atoms with E-state index in [4.69, 9.17) is 4.74 Å². The highest BCUT2D eigenvalue weighted by molar-refractivity contribution is 9.10. The summed E-state index contributed by atoms with van der Waals surface area (Å²) in [5.74, 6) is 0.532. The van der Waals surface area contributed by atoms with Crippen LogP contribution in [0.3, 0.4) is 0 Å². The second-order valence-electron chi connectivity index (χ2n) is 4.09. The lowest BCUT2D eigenvalue weighted by atomic mass is 9.98. The van der Waals surface area contributed by atoms with Crippen LogP contribution in [0.2, 0.25) is 0 Å². The van der Waals surface area contributed by atoms with Gasteiger partial charge >= 0.3 is 0 Å². The quantitative estimate of drug-likeness (QED) is 0.714. The van der Waals surface area contributed by atoms with Gasteiger partial charge < -0.3 is 4.74 Å². The molecule has 0 aliphatic heterocycles. The van der Waals surface area contributed by atoms with Gasteiger partial charge in [-0.15, -0.1) is 0 Å². The first kappa shape index (κ1) is 14.3. The largest absolute Gasteiger partial charge is 0.496 e. The number of ketones is 1. The monoisotopic (exact) mass is 382 g/mol. The van der Waals surface area contributed by atoms with Gasteiger partial charge in [-0.25, -0.2) is 0 Å². The van der Waals surface area contributed by atoms with Gasteiger partial charge in [0.1, 0.15) is 5.75 Å². The Kier molecular flexibility index (Phi) is 4.42. The average molecular weight is 384 g/mol. The smallest absolute Gasteiger partial charge is 0.197 e. The molecule has 2 aromatic rings. The van der Waals surface area contributed by atoms with E-state index in [1.54, 1.807) is 19.2 Å². The Balaban J connectivity index is 2.56. The summed E-state index contributed by atoms with van der Waals surface area (Å²) >= 11 is 6.83. The van der Waals surface area contributed by atoms with Crippen LogP contribution < -0.4 is 4.74 Å². The van der Waals surface area contributed by atoms with E-state index in [0.717, 1.165) is 14.5 Å². The van der Waals surface area contributed by atoms with Gasteiger partial charge in [-0.05, 0) is 36.8 Å². The molecule has 0 bridgehead atoms. The standard InChI is InChI=1S/C15H12Br2O2/c1-9-11(4-3-5-13(9)17)15(18)12-8-10(16)6-7-14(12)19-2/h3-8H,1-2H3. The zero-order valence-electron chi connectivity index (χ0n) is 10.5. The van der Waals surface area contributed by atoms with Gasteiger partial charge in [0.05, 0.1) is 12.7 Å². The molecular weight excluding hydrogens is 372 g/mol. The molecule has 2 nitrogen and oxygen atoms in total. The predicted octanol–water partition coefficient (Wildman–Crippen LogP) is 4.76. The minimum Gasteiger partial charge on any atom is -0.496 e. The normalized spacial score (nSPS) is 10.3. The van der Waals surface area contributed by atoms with Gasteiger partial charge in [-0.2, -0.15) is 0 Å². The molecule has 0 atom stereocenters. The van der Waals surface area contributed by atoms with E-state index in [9.17, 15) is 4.79 Å². The zero-order chi connectivity index (χ0) is 14.0. The third kappa shape index (κ3) is 2.90. The number of hydrogen-bond donors (Lipinski definition) is 0. The fourth-order valence-electron chi connectivity index (χ4n) is 1.86. The summed E-state index contributed by atoms with van der Waals surface area (Å²) in [6.45, 7) is 1.92. The van der Waals surface area contributed by atoms with Crippen molar-refractivity contribution in [3.8, 4) is 5.75 Å². The highest BCUT2D eigenvalue weighted by Gasteiger charge is 2.17. The SMILES string of the molecule is COc1ccc(Br)cc1C(=O)c1cccc(Br)c1C. The summed E-state index contributed by atoms with van der Waals surface area (Å²) in [6.07, 6.45) is 0. The Hall–Kier alpha value is -1.13. The van der Waals surface area contributed by atoms with Crippen molar-refractivity contribution < 1.29 is 9.53 Å². The van der Waals surface area contributed by atoms with E-state index < -0.39 is 0 Å². The molecule has 0 fully saturated rings. The average Bonchev–Trinajstić information content (AvgIpc) is 2.41. The summed E-state index contributed by atoms with van der Waals surface area (Å²) < 4.78 is 7.03. The second kappa shape index (κ2) is 5.88. The van der Waals surface area contributed by atoms with Gasteiger partial charge in [0.15, 0.2) is 5.78 Å². The summed E-state index contributed by atoms with van der Waals surface area (Å²) in [5, 5.41) is 0. The molecule has 0 heterocycles. The van der Waals surface area contributed by atoms with Crippen molar-refractivity contribution in [3.63, 3.8) is 0 Å². The highest BCUT2D eigenvalue weighted by Crippen LogP contribution is 2.28. The third-order valence-corrected chi connectivity index (χ3v) is 4.27. The molecule has 19 heavy (non-hydrogen) atoms. The fraction of sp³-hybridized carbons (Fsp3) is 0.133. The maximum Gasteiger partial charge on any atom is 0.197 e. The molecule has 0 aliphatic rings. The van der Waals surface area contributed by atoms with Crippen LogP contribution in [-0.4, -0.2) is 12.9 Å². The Bertz CT molecular complexity index is 636. The molecule has 0 N–H and O–H groups in total. The molecule has 98 valence electrons. The van der Waals surface area contributed by atoms with Crippen LogP contribution in [0.15, 0.2) is 45.3 Å². The molecule has 2 aromatic carbocycles. The lowest BCUT2D eigenvalue weighted by Gasteiger charge is -2.10. The lowest BCUT2D eigenvalue weighted by molar-refractivity contribution is 0.103. The van der Waals surface area contributed by atoms with E-state index >= 15 is 0 Å². The number of methoxy groups -OCH3 is 1. The van der Waals surface area contributed by atoms with Crippen LogP contribution in [0.25, 0.3) is 0 Å². The molecule has 0 aliphatic carbocycles. The van der Waals surface area contributed by atoms with Crippen LogP contribution in [-0.2, 0) is 0 Å². The third-order valence-electron chi connectivity index (χ3n) is 2.92. The fourth-order valence-corrected chi connectivity index (χ4v) is 2.58. The minimum absolute atomic E-state index is 0.0445. The Labute approximate surface area is 129 Å². The number of carbonyl (C=O) groups excluding carboxylic acids is 1. The molecular formula is C15H12Br2O2. The van der Waals surface area contributed by atoms with Crippen molar-refractivity contribution >= 4 is 37.6 Å². The van der Waals surface area contributed by atoms with Crippen molar-refractivity contribution in [1.82, 2.24) is 0 Å². The van der Waals surface area contributed by atoms with Crippen molar-refractivity contribution in [1.29, 1.82) is 0 Å². The number of benzene rings is 2. The molecule has 0 spiro atoms. The van der Waals surface area contributed by atoms with Crippen LogP contribution >= 0.6 is 31.9 Å². The first-order chi connectivity index (χ1) is 9.04. The molecule has 0 unspecified atom stereocenters. The Morgan fingerprint density at radius 2 is 1.84 bits per heavy atom. The van der Waals surface area contributed by atoms with Crippen molar-refractivity contribution in [2.24, 2.45) is 0 Å². The number of rotatable bonds is 3. The van der Waals surface area contributed by atoms with Crippen molar-refractivity contribution in [2.45, 2.75) is 6.92 Å². The number of carbonyl (C=O) groups is 1. The van der Waals surface area contributed by atoms with E-state index in [1.807, 2.05) is 31.2 Å². The van der Waals surface area contributed by atoms with Gasteiger partial charge in [-0.1, -0.05) is 44.0 Å². The molecule has 0 saturated carbocycles. The van der Waals surface area contributed by atoms with Gasteiger partial charge in [0, 0.05) is 14.5 Å². The molecule has 2 rings (SSSR count). The van der Waals surface area contributed by atoms with E-state index in [0.29, 0.717) is 16.9 Å².